The van der Waals surface area contributed by atoms with E-state index in [4.69, 9.17) is 15.0 Å². The lowest BCUT2D eigenvalue weighted by molar-refractivity contribution is 0.0962. The molecule has 0 spiro atoms. The van der Waals surface area contributed by atoms with Crippen molar-refractivity contribution < 1.29 is 4.79 Å². The molecule has 0 bridgehead atoms. The van der Waals surface area contributed by atoms with Gasteiger partial charge in [0.2, 0.25) is 0 Å². The number of fused-ring (bicyclic) bond motifs is 8. The number of aliphatic imine (C=N–C) groups is 1. The quantitative estimate of drug-likeness (QED) is 0.183. The number of benzene rings is 7. The van der Waals surface area contributed by atoms with Gasteiger partial charge in [-0.25, -0.2) is 9.97 Å². The van der Waals surface area contributed by atoms with E-state index in [2.05, 4.69) is 133 Å². The molecule has 0 amide bonds. The van der Waals surface area contributed by atoms with Crippen molar-refractivity contribution in [2.75, 3.05) is 0 Å². The van der Waals surface area contributed by atoms with Crippen molar-refractivity contribution in [3.63, 3.8) is 0 Å². The van der Waals surface area contributed by atoms with Crippen LogP contribution in [0.2, 0.25) is 0 Å². The van der Waals surface area contributed by atoms with Gasteiger partial charge in [0.15, 0.2) is 5.78 Å². The lowest BCUT2D eigenvalue weighted by Crippen LogP contribution is -2.19. The van der Waals surface area contributed by atoms with Crippen LogP contribution in [0.4, 0.5) is 5.69 Å². The highest BCUT2D eigenvalue weighted by atomic mass is 16.1. The molecule has 3 atom stereocenters. The molecule has 4 nitrogen and oxygen atoms in total. The van der Waals surface area contributed by atoms with Crippen molar-refractivity contribution in [1.29, 1.82) is 0 Å². The molecule has 2 aliphatic carbocycles. The summed E-state index contributed by atoms with van der Waals surface area (Å²) in [5.41, 5.74) is 16.5. The van der Waals surface area contributed by atoms with Gasteiger partial charge in [-0.05, 0) is 80.8 Å². The van der Waals surface area contributed by atoms with Crippen LogP contribution >= 0.6 is 0 Å². The minimum atomic E-state index is -0.241. The Morgan fingerprint density at radius 3 is 2.02 bits per heavy atom. The van der Waals surface area contributed by atoms with Crippen molar-refractivity contribution in [1.82, 2.24) is 9.97 Å². The lowest BCUT2D eigenvalue weighted by Gasteiger charge is -2.26. The van der Waals surface area contributed by atoms with Crippen LogP contribution in [0.5, 0.6) is 0 Å². The first-order chi connectivity index (χ1) is 27.2. The number of ketones is 1. The lowest BCUT2D eigenvalue weighted by atomic mass is 9.82. The molecule has 0 saturated carbocycles. The van der Waals surface area contributed by atoms with Gasteiger partial charge in [0, 0.05) is 34.6 Å². The van der Waals surface area contributed by atoms with Crippen molar-refractivity contribution in [3.05, 3.63) is 209 Å². The van der Waals surface area contributed by atoms with Crippen LogP contribution in [0.15, 0.2) is 175 Å². The predicted molar refractivity (Wildman–Crippen MR) is 221 cm³/mol. The first-order valence-electron chi connectivity index (χ1n) is 19.1. The molecule has 260 valence electrons. The third-order valence-corrected chi connectivity index (χ3v) is 11.9. The summed E-state index contributed by atoms with van der Waals surface area (Å²) in [6.07, 6.45) is 1.44. The summed E-state index contributed by atoms with van der Waals surface area (Å²) >= 11 is 0. The van der Waals surface area contributed by atoms with Crippen LogP contribution in [0.25, 0.3) is 44.4 Å². The van der Waals surface area contributed by atoms with Crippen LogP contribution in [0, 0.1) is 0 Å². The Kier molecular flexibility index (Phi) is 7.31. The first-order valence-corrected chi connectivity index (χ1v) is 19.1. The minimum Gasteiger partial charge on any atom is -0.293 e. The maximum Gasteiger partial charge on any atom is 0.170 e. The summed E-state index contributed by atoms with van der Waals surface area (Å²) < 4.78 is 0. The average Bonchev–Trinajstić information content (AvgIpc) is 3.52. The second-order valence-corrected chi connectivity index (χ2v) is 15.0. The van der Waals surface area contributed by atoms with E-state index in [0.717, 1.165) is 73.6 Å². The van der Waals surface area contributed by atoms with Gasteiger partial charge < -0.3 is 0 Å². The van der Waals surface area contributed by atoms with Crippen LogP contribution in [0.1, 0.15) is 68.2 Å². The number of Topliss-reactive ketones (excluding diaryl/α,β-unsaturated/α-hetero) is 1. The Bertz CT molecular complexity index is 2860. The highest BCUT2D eigenvalue weighted by molar-refractivity contribution is 6.10. The molecule has 0 N–H and O–H groups in total. The van der Waals surface area contributed by atoms with Gasteiger partial charge in [0.1, 0.15) is 5.82 Å². The summed E-state index contributed by atoms with van der Waals surface area (Å²) in [5, 5.41) is 1.05. The van der Waals surface area contributed by atoms with Gasteiger partial charge in [-0.1, -0.05) is 146 Å². The summed E-state index contributed by atoms with van der Waals surface area (Å²) in [5.74, 6) is 0.740. The van der Waals surface area contributed by atoms with E-state index in [-0.39, 0.29) is 23.5 Å². The number of para-hydroxylation sites is 1. The summed E-state index contributed by atoms with van der Waals surface area (Å²) in [7, 11) is 0. The van der Waals surface area contributed by atoms with E-state index in [1.54, 1.807) is 0 Å². The number of nitrogens with zero attached hydrogens (tertiary/aromatic N) is 3. The Hall–Kier alpha value is -6.78. The fourth-order valence-electron chi connectivity index (χ4n) is 9.26. The van der Waals surface area contributed by atoms with Gasteiger partial charge in [0.25, 0.3) is 0 Å². The number of hydrogen-bond donors (Lipinski definition) is 0. The summed E-state index contributed by atoms with van der Waals surface area (Å²) in [4.78, 5) is 29.9. The SMILES string of the molecule is O=C1c2ccccc2C2Cc3cc(-c4ccc5c(c4)-c4ccccc4C5c4nc(-c5ccccc5)c5ccccc5n4)ccc3N=C2CC1c1ccccc1. The summed E-state index contributed by atoms with van der Waals surface area (Å²) in [6, 6.07) is 59.4. The van der Waals surface area contributed by atoms with Crippen LogP contribution < -0.4 is 0 Å². The van der Waals surface area contributed by atoms with Crippen LogP contribution in [-0.2, 0) is 6.42 Å². The molecular formula is C51H35N3O. The number of carbonyl (C=O) groups is 1. The zero-order chi connectivity index (χ0) is 36.5. The molecule has 3 unspecified atom stereocenters. The molecule has 3 aliphatic rings. The number of aromatic nitrogens is 2. The molecule has 0 radical (unpaired) electrons. The zero-order valence-corrected chi connectivity index (χ0v) is 30.1. The van der Waals surface area contributed by atoms with Crippen molar-refractivity contribution in [3.8, 4) is 33.5 Å². The number of rotatable bonds is 4. The van der Waals surface area contributed by atoms with Gasteiger partial charge in [-0.3, -0.25) is 9.79 Å². The number of carbonyl (C=O) groups excluding carboxylic acids is 1. The minimum absolute atomic E-state index is 0.0620. The van der Waals surface area contributed by atoms with Crippen LogP contribution in [0.3, 0.4) is 0 Å². The Morgan fingerprint density at radius 1 is 0.491 bits per heavy atom. The monoisotopic (exact) mass is 705 g/mol. The molecular weight excluding hydrogens is 671 g/mol. The smallest absolute Gasteiger partial charge is 0.170 e. The van der Waals surface area contributed by atoms with Crippen LogP contribution in [-0.4, -0.2) is 21.5 Å². The van der Waals surface area contributed by atoms with Gasteiger partial charge in [-0.2, -0.15) is 0 Å². The summed E-state index contributed by atoms with van der Waals surface area (Å²) in [6.45, 7) is 0. The van der Waals surface area contributed by atoms with Crippen molar-refractivity contribution in [2.45, 2.75) is 30.6 Å². The first kappa shape index (κ1) is 31.7. The van der Waals surface area contributed by atoms with E-state index in [9.17, 15) is 4.79 Å². The van der Waals surface area contributed by atoms with Gasteiger partial charge in [0.05, 0.1) is 28.7 Å². The fourth-order valence-corrected chi connectivity index (χ4v) is 9.26. The van der Waals surface area contributed by atoms with E-state index in [0.29, 0.717) is 6.42 Å². The topological polar surface area (TPSA) is 55.2 Å². The maximum atomic E-state index is 14.1. The average molecular weight is 706 g/mol. The fraction of sp³-hybridized carbons (Fsp3) is 0.0980. The Morgan fingerprint density at radius 2 is 1.16 bits per heavy atom. The largest absolute Gasteiger partial charge is 0.293 e. The molecule has 1 aromatic heterocycles. The molecule has 55 heavy (non-hydrogen) atoms. The second kappa shape index (κ2) is 12.7. The molecule has 0 fully saturated rings. The van der Waals surface area contributed by atoms with Gasteiger partial charge in [-0.15, -0.1) is 0 Å². The van der Waals surface area contributed by atoms with E-state index in [1.165, 1.54) is 27.8 Å². The third kappa shape index (κ3) is 5.20. The normalized spacial score (nSPS) is 18.0. The second-order valence-electron chi connectivity index (χ2n) is 15.0. The third-order valence-electron chi connectivity index (χ3n) is 11.9. The molecule has 11 rings (SSSR count). The standard InChI is InChI=1S/C51H35N3O/c55-50-40-20-10-8-18-37(40)44-29-35-27-33(24-26-45(35)52-47(44)30-42(50)31-13-3-1-4-14-31)34-23-25-39-43(28-34)36-17-7-9-19-38(36)48(39)51-53-46-22-12-11-21-41(46)49(54-51)32-15-5-2-6-16-32/h1-28,42,44,48H,29-30H2. The molecule has 7 aromatic carbocycles. The molecule has 2 heterocycles. The van der Waals surface area contributed by atoms with E-state index >= 15 is 0 Å². The molecule has 0 saturated heterocycles. The Balaban J connectivity index is 0.992. The maximum absolute atomic E-state index is 14.1. The number of hydrogen-bond acceptors (Lipinski definition) is 4. The molecule has 4 heteroatoms. The molecule has 1 aliphatic heterocycles. The van der Waals surface area contributed by atoms with Gasteiger partial charge >= 0.3 is 0 Å². The zero-order valence-electron chi connectivity index (χ0n) is 30.1. The Labute approximate surface area is 319 Å². The van der Waals surface area contributed by atoms with Crippen molar-refractivity contribution >= 4 is 28.1 Å². The highest BCUT2D eigenvalue weighted by Crippen LogP contribution is 2.49. The predicted octanol–water partition coefficient (Wildman–Crippen LogP) is 11.9. The molecule has 8 aromatic rings. The highest BCUT2D eigenvalue weighted by Gasteiger charge is 2.37. The van der Waals surface area contributed by atoms with Crippen molar-refractivity contribution in [2.24, 2.45) is 4.99 Å². The van der Waals surface area contributed by atoms with E-state index < -0.39 is 0 Å². The van der Waals surface area contributed by atoms with E-state index in [1.807, 2.05) is 36.4 Å².